The molecule has 1 aromatic heterocycles. The minimum atomic E-state index is -0.724. The first kappa shape index (κ1) is 22.6. The topological polar surface area (TPSA) is 47.1 Å². The lowest BCUT2D eigenvalue weighted by Crippen LogP contribution is -2.56. The zero-order valence-electron chi connectivity index (χ0n) is 20.3. The Morgan fingerprint density at radius 3 is 2.31 bits per heavy atom. The number of hydrogen-bond donors (Lipinski definition) is 0. The molecule has 0 unspecified atom stereocenters. The van der Waals surface area contributed by atoms with Gasteiger partial charge in [-0.2, -0.15) is 0 Å². The van der Waals surface area contributed by atoms with E-state index in [0.29, 0.717) is 19.4 Å². The van der Waals surface area contributed by atoms with Crippen LogP contribution in [-0.4, -0.2) is 60.0 Å². The second-order valence-electron chi connectivity index (χ2n) is 9.96. The maximum atomic E-state index is 13.8. The number of rotatable bonds is 5. The van der Waals surface area contributed by atoms with Crippen LogP contribution >= 0.6 is 11.3 Å². The Bertz CT molecular complexity index is 1210. The van der Waals surface area contributed by atoms with Crippen molar-refractivity contribution in [2.75, 3.05) is 42.5 Å². The van der Waals surface area contributed by atoms with Crippen LogP contribution in [-0.2, 0) is 11.3 Å². The fourth-order valence-electron chi connectivity index (χ4n) is 6.04. The summed E-state index contributed by atoms with van der Waals surface area (Å²) in [4.78, 5) is 35.4. The molecule has 2 aromatic carbocycles. The fourth-order valence-corrected chi connectivity index (χ4v) is 7.09. The molecule has 0 aliphatic carbocycles. The molecule has 0 bridgehead atoms. The number of likely N-dealkylation sites (N-methyl/N-ethyl adjacent to an activating group) is 1. The summed E-state index contributed by atoms with van der Waals surface area (Å²) in [6.07, 6.45) is 3.93. The quantitative estimate of drug-likeness (QED) is 0.456. The molecule has 3 aliphatic rings. The number of anilines is 2. The number of carbonyl (C=O) groups excluding carboxylic acids is 2. The fraction of sp³-hybridized carbons (Fsp3) is 0.429. The van der Waals surface area contributed by atoms with E-state index in [0.717, 1.165) is 47.8 Å². The van der Waals surface area contributed by atoms with Crippen molar-refractivity contribution < 1.29 is 9.59 Å². The van der Waals surface area contributed by atoms with Crippen molar-refractivity contribution in [1.29, 1.82) is 0 Å². The Labute approximate surface area is 210 Å². The van der Waals surface area contributed by atoms with Gasteiger partial charge in [0.1, 0.15) is 10.5 Å². The Kier molecular flexibility index (Phi) is 5.77. The van der Waals surface area contributed by atoms with Crippen LogP contribution in [0, 0.1) is 0 Å². The maximum absolute atomic E-state index is 13.8. The van der Waals surface area contributed by atoms with Gasteiger partial charge in [-0.15, -0.1) is 11.3 Å². The highest BCUT2D eigenvalue weighted by molar-refractivity contribution is 7.23. The van der Waals surface area contributed by atoms with Crippen LogP contribution in [0.4, 0.5) is 15.5 Å². The summed E-state index contributed by atoms with van der Waals surface area (Å²) in [6, 6.07) is 18.8. The van der Waals surface area contributed by atoms with E-state index in [-0.39, 0.29) is 11.9 Å². The van der Waals surface area contributed by atoms with Crippen LogP contribution in [0.25, 0.3) is 10.1 Å². The Morgan fingerprint density at radius 1 is 0.914 bits per heavy atom. The zero-order chi connectivity index (χ0) is 24.0. The van der Waals surface area contributed by atoms with E-state index in [2.05, 4.69) is 34.1 Å². The summed E-state index contributed by atoms with van der Waals surface area (Å²) >= 11 is 1.52. The Morgan fingerprint density at radius 2 is 1.63 bits per heavy atom. The van der Waals surface area contributed by atoms with Crippen LogP contribution in [0.1, 0.15) is 38.2 Å². The number of amides is 3. The van der Waals surface area contributed by atoms with Gasteiger partial charge < -0.3 is 9.80 Å². The van der Waals surface area contributed by atoms with Crippen LogP contribution in [0.2, 0.25) is 0 Å². The highest BCUT2D eigenvalue weighted by atomic mass is 32.1. The van der Waals surface area contributed by atoms with Gasteiger partial charge in [-0.25, -0.2) is 9.69 Å². The van der Waals surface area contributed by atoms with Gasteiger partial charge in [0.15, 0.2) is 0 Å². The van der Waals surface area contributed by atoms with Crippen molar-refractivity contribution in [3.63, 3.8) is 0 Å². The molecule has 3 fully saturated rings. The van der Waals surface area contributed by atoms with Crippen LogP contribution in [0.5, 0.6) is 0 Å². The Hall–Kier alpha value is -2.90. The second kappa shape index (κ2) is 8.95. The average Bonchev–Trinajstić information content (AvgIpc) is 3.60. The van der Waals surface area contributed by atoms with Crippen LogP contribution in [0.3, 0.4) is 0 Å². The molecule has 3 aliphatic heterocycles. The summed E-state index contributed by atoms with van der Waals surface area (Å²) in [5, 5.41) is 1.81. The molecule has 1 spiro atoms. The molecule has 3 amide bonds. The Balaban J connectivity index is 1.16. The van der Waals surface area contributed by atoms with E-state index in [1.165, 1.54) is 40.3 Å². The van der Waals surface area contributed by atoms with Crippen molar-refractivity contribution >= 4 is 44.0 Å². The number of benzene rings is 2. The van der Waals surface area contributed by atoms with Crippen LogP contribution in [0.15, 0.2) is 54.6 Å². The zero-order valence-corrected chi connectivity index (χ0v) is 21.1. The molecule has 0 saturated carbocycles. The van der Waals surface area contributed by atoms with E-state index >= 15 is 0 Å². The summed E-state index contributed by atoms with van der Waals surface area (Å²) in [5.74, 6) is -0.0504. The van der Waals surface area contributed by atoms with Crippen LogP contribution < -0.4 is 9.80 Å². The number of carbonyl (C=O) groups is 2. The highest BCUT2D eigenvalue weighted by Gasteiger charge is 2.58. The number of fused-ring (bicyclic) bond motifs is 1. The first-order chi connectivity index (χ1) is 17.1. The van der Waals surface area contributed by atoms with Crippen molar-refractivity contribution in [3.8, 4) is 0 Å². The molecule has 182 valence electrons. The van der Waals surface area contributed by atoms with E-state index in [9.17, 15) is 9.59 Å². The number of urea groups is 1. The summed E-state index contributed by atoms with van der Waals surface area (Å²) in [5.41, 5.74) is 1.90. The van der Waals surface area contributed by atoms with Gasteiger partial charge in [0.25, 0.3) is 5.91 Å². The number of hydrogen-bond acceptors (Lipinski definition) is 5. The minimum Gasteiger partial charge on any atom is -0.372 e. The number of likely N-dealkylation sites (tertiary alicyclic amines) is 1. The summed E-state index contributed by atoms with van der Waals surface area (Å²) in [7, 11) is 0. The van der Waals surface area contributed by atoms with E-state index in [1.807, 2.05) is 42.2 Å². The van der Waals surface area contributed by atoms with Gasteiger partial charge >= 0.3 is 6.03 Å². The average molecular weight is 489 g/mol. The molecule has 0 atom stereocenters. The third kappa shape index (κ3) is 3.81. The molecular weight excluding hydrogens is 456 g/mol. The van der Waals surface area contributed by atoms with E-state index in [4.69, 9.17) is 0 Å². The molecule has 4 heterocycles. The van der Waals surface area contributed by atoms with Gasteiger partial charge in [-0.3, -0.25) is 9.69 Å². The lowest BCUT2D eigenvalue weighted by Gasteiger charge is -2.41. The first-order valence-corrected chi connectivity index (χ1v) is 13.6. The second-order valence-corrected chi connectivity index (χ2v) is 11.0. The lowest BCUT2D eigenvalue weighted by atomic mass is 9.85. The van der Waals surface area contributed by atoms with Crippen molar-refractivity contribution in [3.05, 3.63) is 60.2 Å². The molecule has 6 nitrogen and oxygen atoms in total. The predicted octanol–water partition coefficient (Wildman–Crippen LogP) is 5.32. The third-order valence-electron chi connectivity index (χ3n) is 7.99. The molecule has 3 aromatic rings. The van der Waals surface area contributed by atoms with Gasteiger partial charge in [0, 0.05) is 49.7 Å². The molecule has 0 radical (unpaired) electrons. The predicted molar refractivity (Wildman–Crippen MR) is 142 cm³/mol. The number of thiophene rings is 1. The SMILES string of the molecule is CCN1C(=O)N(c2cc3ccccc3s2)C(=O)C12CCN(Cc1ccc(N3CCCC3)cc1)CC2. The minimum absolute atomic E-state index is 0.0504. The van der Waals surface area contributed by atoms with E-state index < -0.39 is 5.54 Å². The number of imide groups is 1. The largest absolute Gasteiger partial charge is 0.372 e. The lowest BCUT2D eigenvalue weighted by molar-refractivity contribution is -0.127. The van der Waals surface area contributed by atoms with Gasteiger partial charge in [-0.05, 0) is 67.8 Å². The van der Waals surface area contributed by atoms with Crippen molar-refractivity contribution in [2.45, 2.75) is 44.7 Å². The molecule has 35 heavy (non-hydrogen) atoms. The number of nitrogens with zero attached hydrogens (tertiary/aromatic N) is 4. The molecule has 0 N–H and O–H groups in total. The third-order valence-corrected chi connectivity index (χ3v) is 9.09. The summed E-state index contributed by atoms with van der Waals surface area (Å²) < 4.78 is 1.10. The molecule has 7 heteroatoms. The molecule has 6 rings (SSSR count). The maximum Gasteiger partial charge on any atom is 0.332 e. The van der Waals surface area contributed by atoms with Crippen molar-refractivity contribution in [2.24, 2.45) is 0 Å². The highest BCUT2D eigenvalue weighted by Crippen LogP contribution is 2.42. The normalized spacial score (nSPS) is 20.7. The smallest absolute Gasteiger partial charge is 0.332 e. The molecular formula is C28H32N4O2S. The van der Waals surface area contributed by atoms with Gasteiger partial charge in [0.2, 0.25) is 0 Å². The van der Waals surface area contributed by atoms with Gasteiger partial charge in [-0.1, -0.05) is 30.3 Å². The molecule has 3 saturated heterocycles. The van der Waals surface area contributed by atoms with Crippen molar-refractivity contribution in [1.82, 2.24) is 9.80 Å². The monoisotopic (exact) mass is 488 g/mol. The summed E-state index contributed by atoms with van der Waals surface area (Å²) in [6.45, 7) is 7.34. The van der Waals surface area contributed by atoms with E-state index in [1.54, 1.807) is 0 Å². The van der Waals surface area contributed by atoms with Gasteiger partial charge in [0.05, 0.1) is 0 Å². The first-order valence-electron chi connectivity index (χ1n) is 12.8. The standard InChI is InChI=1S/C28H32N4O2S/c1-2-31-27(34)32(25-19-22-7-3-4-8-24(22)35-25)26(33)28(31)13-17-29(18-14-28)20-21-9-11-23(12-10-21)30-15-5-6-16-30/h3-4,7-12,19H,2,5-6,13-18,20H2,1H3. The number of piperidine rings is 1.